The van der Waals surface area contributed by atoms with Crippen molar-refractivity contribution in [3.05, 3.63) is 101 Å². The number of nitrogens with zero attached hydrogens (tertiary/aromatic N) is 2. The fourth-order valence-corrected chi connectivity index (χ4v) is 6.48. The van der Waals surface area contributed by atoms with E-state index in [4.69, 9.17) is 18.6 Å². The highest BCUT2D eigenvalue weighted by molar-refractivity contribution is 9.10. The van der Waals surface area contributed by atoms with Crippen LogP contribution in [0.1, 0.15) is 43.7 Å². The van der Waals surface area contributed by atoms with Crippen LogP contribution in [0.3, 0.4) is 0 Å². The fraction of sp³-hybridized carbons (Fsp3) is 0.258. The molecule has 0 bridgehead atoms. The van der Waals surface area contributed by atoms with Gasteiger partial charge in [-0.15, -0.1) is 0 Å². The summed E-state index contributed by atoms with van der Waals surface area (Å²) < 4.78 is 25.6. The van der Waals surface area contributed by atoms with E-state index in [1.165, 1.54) is 15.9 Å². The maximum absolute atomic E-state index is 13.9. The number of hydrogen-bond acceptors (Lipinski definition) is 8. The molecule has 2 aromatic heterocycles. The number of allylic oxidation sites excluding steroid dienone is 1. The molecule has 0 amide bonds. The van der Waals surface area contributed by atoms with Crippen molar-refractivity contribution in [2.45, 2.75) is 33.7 Å². The van der Waals surface area contributed by atoms with Crippen LogP contribution in [0.2, 0.25) is 0 Å². The molecular weight excluding hydrogens is 608 g/mol. The zero-order chi connectivity index (χ0) is 29.3. The van der Waals surface area contributed by atoms with E-state index in [1.54, 1.807) is 39.2 Å². The standard InChI is InChI=1S/C31H29BrN2O6S/c1-6-38-25-15-19(9-12-24(25)37-5)28-27(30(36)39-7-2)18(4)33-31-34(28)29(35)26(41-31)16-20-10-13-23(40-20)21-11-8-17(3)14-22(21)32/h8-16,28H,6-7H2,1-5H3/b26-16-/t28-/m1/s1. The predicted octanol–water partition coefficient (Wildman–Crippen LogP) is 5.54. The van der Waals surface area contributed by atoms with Crippen LogP contribution in [-0.2, 0) is 9.53 Å². The van der Waals surface area contributed by atoms with Gasteiger partial charge in [-0.05, 0) is 75.2 Å². The summed E-state index contributed by atoms with van der Waals surface area (Å²) in [7, 11) is 1.56. The highest BCUT2D eigenvalue weighted by Gasteiger charge is 2.34. The van der Waals surface area contributed by atoms with E-state index in [2.05, 4.69) is 20.9 Å². The van der Waals surface area contributed by atoms with Crippen LogP contribution in [0.4, 0.5) is 0 Å². The SMILES string of the molecule is CCOC(=O)C1=C(C)N=c2s/c(=C\c3ccc(-c4ccc(C)cc4Br)o3)c(=O)n2[C@@H]1c1ccc(OC)c(OCC)c1. The Morgan fingerprint density at radius 2 is 1.90 bits per heavy atom. The van der Waals surface area contributed by atoms with Crippen LogP contribution in [0, 0.1) is 6.92 Å². The average molecular weight is 638 g/mol. The number of ether oxygens (including phenoxy) is 3. The van der Waals surface area contributed by atoms with Crippen LogP contribution in [-0.4, -0.2) is 30.9 Å². The predicted molar refractivity (Wildman–Crippen MR) is 161 cm³/mol. The van der Waals surface area contributed by atoms with Gasteiger partial charge < -0.3 is 18.6 Å². The molecule has 1 aliphatic rings. The minimum Gasteiger partial charge on any atom is -0.493 e. The van der Waals surface area contributed by atoms with Gasteiger partial charge in [0.25, 0.3) is 5.56 Å². The first kappa shape index (κ1) is 28.6. The van der Waals surface area contributed by atoms with Crippen LogP contribution < -0.4 is 24.4 Å². The van der Waals surface area contributed by atoms with E-state index in [-0.39, 0.29) is 12.2 Å². The third-order valence-electron chi connectivity index (χ3n) is 6.61. The molecule has 0 spiro atoms. The van der Waals surface area contributed by atoms with Gasteiger partial charge in [0, 0.05) is 16.1 Å². The quantitative estimate of drug-likeness (QED) is 0.236. The lowest BCUT2D eigenvalue weighted by Crippen LogP contribution is -2.39. The zero-order valence-electron chi connectivity index (χ0n) is 23.3. The molecule has 0 fully saturated rings. The smallest absolute Gasteiger partial charge is 0.338 e. The Bertz CT molecular complexity index is 1850. The molecule has 0 radical (unpaired) electrons. The highest BCUT2D eigenvalue weighted by atomic mass is 79.9. The van der Waals surface area contributed by atoms with Crippen molar-refractivity contribution in [3.63, 3.8) is 0 Å². The minimum absolute atomic E-state index is 0.192. The molecule has 1 aliphatic heterocycles. The number of benzene rings is 2. The molecule has 2 aromatic carbocycles. The molecule has 212 valence electrons. The number of methoxy groups -OCH3 is 1. The lowest BCUT2D eigenvalue weighted by Gasteiger charge is -2.25. The Hall–Kier alpha value is -3.89. The van der Waals surface area contributed by atoms with Crippen molar-refractivity contribution in [3.8, 4) is 22.8 Å². The molecule has 0 saturated carbocycles. The largest absolute Gasteiger partial charge is 0.493 e. The summed E-state index contributed by atoms with van der Waals surface area (Å²) in [6.07, 6.45) is 1.70. The van der Waals surface area contributed by atoms with Gasteiger partial charge in [0.2, 0.25) is 0 Å². The van der Waals surface area contributed by atoms with Crippen LogP contribution in [0.15, 0.2) is 78.5 Å². The van der Waals surface area contributed by atoms with Crippen molar-refractivity contribution >= 4 is 39.3 Å². The van der Waals surface area contributed by atoms with Crippen molar-refractivity contribution in [1.29, 1.82) is 0 Å². The number of fused-ring (bicyclic) bond motifs is 1. The summed E-state index contributed by atoms with van der Waals surface area (Å²) in [5.74, 6) is 1.74. The second-order valence-electron chi connectivity index (χ2n) is 9.33. The molecule has 8 nitrogen and oxygen atoms in total. The third-order valence-corrected chi connectivity index (χ3v) is 8.25. The van der Waals surface area contributed by atoms with E-state index in [0.29, 0.717) is 55.8 Å². The van der Waals surface area contributed by atoms with E-state index >= 15 is 0 Å². The number of esters is 1. The Morgan fingerprint density at radius 3 is 2.61 bits per heavy atom. The number of aromatic nitrogens is 1. The molecule has 0 N–H and O–H groups in total. The Morgan fingerprint density at radius 1 is 1.10 bits per heavy atom. The van der Waals surface area contributed by atoms with Crippen LogP contribution in [0.25, 0.3) is 17.4 Å². The van der Waals surface area contributed by atoms with Gasteiger partial charge in [-0.3, -0.25) is 9.36 Å². The lowest BCUT2D eigenvalue weighted by molar-refractivity contribution is -0.139. The molecule has 1 atom stereocenters. The zero-order valence-corrected chi connectivity index (χ0v) is 25.7. The van der Waals surface area contributed by atoms with Gasteiger partial charge in [-0.1, -0.05) is 39.4 Å². The summed E-state index contributed by atoms with van der Waals surface area (Å²) in [5.41, 5.74) is 3.20. The lowest BCUT2D eigenvalue weighted by atomic mass is 9.95. The third kappa shape index (κ3) is 5.54. The second-order valence-corrected chi connectivity index (χ2v) is 11.2. The molecular formula is C31H29BrN2O6S. The maximum Gasteiger partial charge on any atom is 0.338 e. The first-order chi connectivity index (χ1) is 19.7. The van der Waals surface area contributed by atoms with Crippen molar-refractivity contribution < 1.29 is 23.4 Å². The first-order valence-electron chi connectivity index (χ1n) is 13.1. The summed E-state index contributed by atoms with van der Waals surface area (Å²) in [5, 5.41) is 0. The maximum atomic E-state index is 13.9. The Kier molecular flexibility index (Phi) is 8.32. The fourth-order valence-electron chi connectivity index (χ4n) is 4.76. The molecule has 41 heavy (non-hydrogen) atoms. The topological polar surface area (TPSA) is 92.3 Å². The van der Waals surface area contributed by atoms with E-state index in [9.17, 15) is 9.59 Å². The second kappa shape index (κ2) is 11.9. The highest BCUT2D eigenvalue weighted by Crippen LogP contribution is 2.36. The number of thiazole rings is 1. The van der Waals surface area contributed by atoms with Crippen molar-refractivity contribution in [2.75, 3.05) is 20.3 Å². The molecule has 4 aromatic rings. The Labute approximate surface area is 249 Å². The van der Waals surface area contributed by atoms with Gasteiger partial charge in [0.1, 0.15) is 11.5 Å². The van der Waals surface area contributed by atoms with E-state index < -0.39 is 12.0 Å². The number of carbonyl (C=O) groups excluding carboxylic acids is 1. The number of carbonyl (C=O) groups is 1. The summed E-state index contributed by atoms with van der Waals surface area (Å²) >= 11 is 4.84. The Balaban J connectivity index is 1.65. The normalized spacial score (nSPS) is 15.0. The summed E-state index contributed by atoms with van der Waals surface area (Å²) in [6, 6.07) is 14.3. The summed E-state index contributed by atoms with van der Waals surface area (Å²) in [6.45, 7) is 8.01. The first-order valence-corrected chi connectivity index (χ1v) is 14.7. The molecule has 0 unspecified atom stereocenters. The summed E-state index contributed by atoms with van der Waals surface area (Å²) in [4.78, 5) is 32.2. The number of aryl methyl sites for hydroxylation is 1. The molecule has 10 heteroatoms. The van der Waals surface area contributed by atoms with E-state index in [0.717, 1.165) is 15.6 Å². The molecule has 5 rings (SSSR count). The van der Waals surface area contributed by atoms with Gasteiger partial charge in [-0.2, -0.15) is 0 Å². The number of hydrogen-bond donors (Lipinski definition) is 0. The van der Waals surface area contributed by atoms with E-state index in [1.807, 2.05) is 50.2 Å². The van der Waals surface area contributed by atoms with Gasteiger partial charge in [-0.25, -0.2) is 9.79 Å². The van der Waals surface area contributed by atoms with Gasteiger partial charge >= 0.3 is 5.97 Å². The molecule has 3 heterocycles. The number of halogens is 1. The minimum atomic E-state index is -0.770. The van der Waals surface area contributed by atoms with Crippen LogP contribution >= 0.6 is 27.3 Å². The molecule has 0 aliphatic carbocycles. The van der Waals surface area contributed by atoms with Crippen molar-refractivity contribution in [1.82, 2.24) is 4.57 Å². The number of furan rings is 1. The van der Waals surface area contributed by atoms with Crippen molar-refractivity contribution in [2.24, 2.45) is 4.99 Å². The number of rotatable bonds is 8. The van der Waals surface area contributed by atoms with Gasteiger partial charge in [0.15, 0.2) is 16.3 Å². The monoisotopic (exact) mass is 636 g/mol. The average Bonchev–Trinajstić information content (AvgIpc) is 3.52. The van der Waals surface area contributed by atoms with Crippen LogP contribution in [0.5, 0.6) is 11.5 Å². The molecule has 0 saturated heterocycles. The van der Waals surface area contributed by atoms with Gasteiger partial charge in [0.05, 0.1) is 42.2 Å².